The molecule has 2 rings (SSSR count). The van der Waals surface area contributed by atoms with Gasteiger partial charge in [-0.2, -0.15) is 4.98 Å². The van der Waals surface area contributed by atoms with Gasteiger partial charge in [-0.3, -0.25) is 4.79 Å². The number of halogens is 2. The van der Waals surface area contributed by atoms with E-state index in [1.165, 1.54) is 11.3 Å². The van der Waals surface area contributed by atoms with E-state index in [1.54, 1.807) is 22.6 Å². The third kappa shape index (κ3) is 2.08. The Morgan fingerprint density at radius 3 is 2.87 bits per heavy atom. The van der Waals surface area contributed by atoms with Crippen LogP contribution in [0.5, 0.6) is 5.88 Å². The Morgan fingerprint density at radius 2 is 2.33 bits per heavy atom. The summed E-state index contributed by atoms with van der Waals surface area (Å²) in [7, 11) is 0. The molecule has 0 fully saturated rings. The van der Waals surface area contributed by atoms with Crippen molar-refractivity contribution < 1.29 is 5.11 Å². The Labute approximate surface area is 111 Å². The molecular formula is C8H4BrIN2O2S. The Morgan fingerprint density at radius 1 is 1.60 bits per heavy atom. The maximum Gasteiger partial charge on any atom is 0.268 e. The van der Waals surface area contributed by atoms with Gasteiger partial charge < -0.3 is 10.1 Å². The molecule has 0 aliphatic carbocycles. The van der Waals surface area contributed by atoms with Gasteiger partial charge in [0.05, 0.1) is 4.88 Å². The molecule has 2 heterocycles. The fourth-order valence-corrected chi connectivity index (χ4v) is 2.78. The molecule has 0 unspecified atom stereocenters. The molecule has 0 atom stereocenters. The zero-order valence-corrected chi connectivity index (χ0v) is 11.7. The SMILES string of the molecule is O=c1[nH]c(-c2sccc2Br)nc(O)c1I. The average Bonchev–Trinajstić information content (AvgIpc) is 2.60. The van der Waals surface area contributed by atoms with Crippen LogP contribution in [-0.4, -0.2) is 15.1 Å². The first-order valence-corrected chi connectivity index (χ1v) is 6.57. The number of aromatic amines is 1. The van der Waals surface area contributed by atoms with Crippen molar-refractivity contribution in [1.29, 1.82) is 0 Å². The molecule has 2 aromatic rings. The minimum atomic E-state index is -0.335. The van der Waals surface area contributed by atoms with Crippen LogP contribution in [0, 0.1) is 3.57 Å². The van der Waals surface area contributed by atoms with Gasteiger partial charge in [0.2, 0.25) is 5.88 Å². The van der Waals surface area contributed by atoms with E-state index in [1.807, 2.05) is 11.4 Å². The number of thiophene rings is 1. The average molecular weight is 399 g/mol. The summed E-state index contributed by atoms with van der Waals surface area (Å²) < 4.78 is 1.04. The van der Waals surface area contributed by atoms with Gasteiger partial charge in [0, 0.05) is 4.47 Å². The standard InChI is InChI=1S/C8H4BrIN2O2S/c9-3-1-2-15-5(3)6-11-7(13)4(10)8(14)12-6/h1-2H,(H2,11,12,13,14). The van der Waals surface area contributed by atoms with E-state index in [0.29, 0.717) is 5.82 Å². The summed E-state index contributed by atoms with van der Waals surface area (Å²) >= 11 is 6.52. The Kier molecular flexibility index (Phi) is 3.12. The van der Waals surface area contributed by atoms with Gasteiger partial charge in [-0.1, -0.05) is 0 Å². The van der Waals surface area contributed by atoms with Crippen LogP contribution in [0.3, 0.4) is 0 Å². The van der Waals surface area contributed by atoms with E-state index in [2.05, 4.69) is 25.9 Å². The summed E-state index contributed by atoms with van der Waals surface area (Å²) in [5.74, 6) is 0.134. The van der Waals surface area contributed by atoms with Crippen LogP contribution in [0.4, 0.5) is 0 Å². The van der Waals surface area contributed by atoms with Crippen molar-refractivity contribution in [2.45, 2.75) is 0 Å². The number of rotatable bonds is 1. The van der Waals surface area contributed by atoms with Crippen LogP contribution in [0.1, 0.15) is 0 Å². The zero-order valence-electron chi connectivity index (χ0n) is 7.12. The van der Waals surface area contributed by atoms with Crippen molar-refractivity contribution in [1.82, 2.24) is 9.97 Å². The molecule has 0 saturated heterocycles. The monoisotopic (exact) mass is 398 g/mol. The molecule has 7 heteroatoms. The topological polar surface area (TPSA) is 66.0 Å². The minimum Gasteiger partial charge on any atom is -0.492 e. The molecule has 4 nitrogen and oxygen atoms in total. The summed E-state index contributed by atoms with van der Waals surface area (Å²) in [4.78, 5) is 18.7. The Hall–Kier alpha value is -0.410. The highest BCUT2D eigenvalue weighted by Crippen LogP contribution is 2.31. The summed E-state index contributed by atoms with van der Waals surface area (Å²) in [6.07, 6.45) is 0. The second-order valence-electron chi connectivity index (χ2n) is 2.65. The predicted octanol–water partition coefficient (Wildman–Crippen LogP) is 2.57. The van der Waals surface area contributed by atoms with Crippen molar-refractivity contribution in [3.05, 3.63) is 29.8 Å². The molecule has 0 radical (unpaired) electrons. The largest absolute Gasteiger partial charge is 0.492 e. The second-order valence-corrected chi connectivity index (χ2v) is 5.50. The first-order valence-electron chi connectivity index (χ1n) is 3.81. The van der Waals surface area contributed by atoms with E-state index in [-0.39, 0.29) is 15.0 Å². The van der Waals surface area contributed by atoms with Crippen molar-refractivity contribution in [2.24, 2.45) is 0 Å². The number of nitrogens with zero attached hydrogens (tertiary/aromatic N) is 1. The number of nitrogens with one attached hydrogen (secondary N) is 1. The molecular weight excluding hydrogens is 395 g/mol. The van der Waals surface area contributed by atoms with Gasteiger partial charge in [0.1, 0.15) is 3.57 Å². The van der Waals surface area contributed by atoms with Gasteiger partial charge in [-0.25, -0.2) is 0 Å². The third-order valence-corrected chi connectivity index (χ3v) is 4.49. The molecule has 2 N–H and O–H groups in total. The number of hydrogen-bond donors (Lipinski definition) is 2. The molecule has 0 aliphatic rings. The van der Waals surface area contributed by atoms with E-state index < -0.39 is 0 Å². The summed E-state index contributed by atoms with van der Waals surface area (Å²) in [6.45, 7) is 0. The molecule has 0 spiro atoms. The Balaban J connectivity index is 2.66. The molecule has 2 aromatic heterocycles. The van der Waals surface area contributed by atoms with Crippen LogP contribution in [0.15, 0.2) is 20.7 Å². The maximum absolute atomic E-state index is 11.4. The predicted molar refractivity (Wildman–Crippen MR) is 70.3 cm³/mol. The van der Waals surface area contributed by atoms with E-state index in [4.69, 9.17) is 0 Å². The van der Waals surface area contributed by atoms with Crippen LogP contribution >= 0.6 is 49.9 Å². The first-order chi connectivity index (χ1) is 7.09. The van der Waals surface area contributed by atoms with E-state index >= 15 is 0 Å². The van der Waals surface area contributed by atoms with Gasteiger partial charge in [0.15, 0.2) is 5.82 Å². The third-order valence-electron chi connectivity index (χ3n) is 1.68. The highest BCUT2D eigenvalue weighted by Gasteiger charge is 2.12. The number of hydrogen-bond acceptors (Lipinski definition) is 4. The number of aromatic hydroxyl groups is 1. The molecule has 0 saturated carbocycles. The van der Waals surface area contributed by atoms with Crippen LogP contribution in [0.2, 0.25) is 0 Å². The summed E-state index contributed by atoms with van der Waals surface area (Å²) in [6, 6.07) is 1.86. The van der Waals surface area contributed by atoms with Crippen LogP contribution < -0.4 is 5.56 Å². The van der Waals surface area contributed by atoms with Crippen molar-refractivity contribution in [3.63, 3.8) is 0 Å². The highest BCUT2D eigenvalue weighted by molar-refractivity contribution is 14.1. The smallest absolute Gasteiger partial charge is 0.268 e. The lowest BCUT2D eigenvalue weighted by Crippen LogP contribution is -2.12. The van der Waals surface area contributed by atoms with Gasteiger partial charge in [-0.15, -0.1) is 11.3 Å². The molecule has 0 aromatic carbocycles. The lowest BCUT2D eigenvalue weighted by Gasteiger charge is -2.00. The van der Waals surface area contributed by atoms with Crippen LogP contribution in [0.25, 0.3) is 10.7 Å². The summed E-state index contributed by atoms with van der Waals surface area (Å²) in [5, 5.41) is 11.3. The minimum absolute atomic E-state index is 0.198. The quantitative estimate of drug-likeness (QED) is 0.725. The molecule has 0 amide bonds. The molecule has 0 aliphatic heterocycles. The molecule has 0 bridgehead atoms. The molecule has 78 valence electrons. The normalized spacial score (nSPS) is 10.5. The lowest BCUT2D eigenvalue weighted by molar-refractivity contribution is 0.447. The molecule has 15 heavy (non-hydrogen) atoms. The Bertz CT molecular complexity index is 566. The van der Waals surface area contributed by atoms with Crippen molar-refractivity contribution in [2.75, 3.05) is 0 Å². The number of aromatic nitrogens is 2. The van der Waals surface area contributed by atoms with Gasteiger partial charge in [-0.05, 0) is 50.0 Å². The zero-order chi connectivity index (χ0) is 11.0. The fraction of sp³-hybridized carbons (Fsp3) is 0. The maximum atomic E-state index is 11.4. The highest BCUT2D eigenvalue weighted by atomic mass is 127. The summed E-state index contributed by atoms with van der Waals surface area (Å²) in [5.41, 5.74) is -0.335. The lowest BCUT2D eigenvalue weighted by atomic mass is 10.4. The van der Waals surface area contributed by atoms with Gasteiger partial charge >= 0.3 is 0 Å². The van der Waals surface area contributed by atoms with E-state index in [0.717, 1.165) is 9.35 Å². The van der Waals surface area contributed by atoms with Crippen molar-refractivity contribution in [3.8, 4) is 16.6 Å². The van der Waals surface area contributed by atoms with Gasteiger partial charge in [0.25, 0.3) is 5.56 Å². The second kappa shape index (κ2) is 4.22. The van der Waals surface area contributed by atoms with Crippen molar-refractivity contribution >= 4 is 49.9 Å². The number of H-pyrrole nitrogens is 1. The first kappa shape index (κ1) is 11.1. The van der Waals surface area contributed by atoms with Crippen LogP contribution in [-0.2, 0) is 0 Å². The fourth-order valence-electron chi connectivity index (χ4n) is 1.02. The van der Waals surface area contributed by atoms with E-state index in [9.17, 15) is 9.90 Å².